The van der Waals surface area contributed by atoms with Crippen LogP contribution in [0.2, 0.25) is 0 Å². The highest BCUT2D eigenvalue weighted by molar-refractivity contribution is 5.79. The van der Waals surface area contributed by atoms with Gasteiger partial charge in [0.2, 0.25) is 11.8 Å². The van der Waals surface area contributed by atoms with E-state index in [1.165, 1.54) is 12.5 Å². The molecule has 2 aromatic carbocycles. The topological polar surface area (TPSA) is 95.9 Å². The second-order valence-electron chi connectivity index (χ2n) is 6.99. The Bertz CT molecular complexity index is 912. The number of hydrogen-bond acceptors (Lipinski definition) is 4. The molecule has 0 spiro atoms. The van der Waals surface area contributed by atoms with E-state index in [1.807, 2.05) is 30.3 Å². The number of carboxylic acid groups (broad SMARTS) is 1. The fourth-order valence-electron chi connectivity index (χ4n) is 3.59. The summed E-state index contributed by atoms with van der Waals surface area (Å²) in [7, 11) is 0. The maximum Gasteiger partial charge on any atom is 0.341 e. The van der Waals surface area contributed by atoms with Crippen molar-refractivity contribution in [3.8, 4) is 5.75 Å². The Labute approximate surface area is 169 Å². The molecule has 0 radical (unpaired) electrons. The lowest BCUT2D eigenvalue weighted by molar-refractivity contribution is -0.139. The summed E-state index contributed by atoms with van der Waals surface area (Å²) >= 11 is 0. The minimum absolute atomic E-state index is 0.0411. The summed E-state index contributed by atoms with van der Waals surface area (Å²) in [4.78, 5) is 37.0. The number of nitrogens with one attached hydrogen (secondary N) is 1. The lowest BCUT2D eigenvalue weighted by atomic mass is 9.90. The first kappa shape index (κ1) is 20.4. The zero-order valence-corrected chi connectivity index (χ0v) is 16.3. The molecule has 0 saturated heterocycles. The van der Waals surface area contributed by atoms with Gasteiger partial charge in [-0.3, -0.25) is 9.59 Å². The monoisotopic (exact) mass is 396 g/mol. The third-order valence-electron chi connectivity index (χ3n) is 4.95. The van der Waals surface area contributed by atoms with Crippen LogP contribution in [-0.2, 0) is 27.3 Å². The lowest BCUT2D eigenvalue weighted by Gasteiger charge is -2.36. The molecule has 2 amide bonds. The van der Waals surface area contributed by atoms with Crippen LogP contribution in [0.4, 0.5) is 0 Å². The van der Waals surface area contributed by atoms with E-state index in [4.69, 9.17) is 9.84 Å². The molecule has 0 saturated carbocycles. The van der Waals surface area contributed by atoms with Gasteiger partial charge in [-0.25, -0.2) is 4.79 Å². The van der Waals surface area contributed by atoms with Crippen LogP contribution >= 0.6 is 0 Å². The fraction of sp³-hybridized carbons (Fsp3) is 0.318. The Kier molecular flexibility index (Phi) is 6.49. The molecule has 0 aliphatic carbocycles. The van der Waals surface area contributed by atoms with Crippen molar-refractivity contribution in [2.75, 3.05) is 13.2 Å². The van der Waals surface area contributed by atoms with E-state index in [2.05, 4.69) is 5.32 Å². The summed E-state index contributed by atoms with van der Waals surface area (Å²) in [5, 5.41) is 11.6. The number of amides is 2. The van der Waals surface area contributed by atoms with Gasteiger partial charge in [0.25, 0.3) is 0 Å². The van der Waals surface area contributed by atoms with E-state index >= 15 is 0 Å². The molecule has 2 N–H and O–H groups in total. The number of carboxylic acids is 1. The molecule has 0 aromatic heterocycles. The van der Waals surface area contributed by atoms with Crippen molar-refractivity contribution in [2.24, 2.45) is 0 Å². The second kappa shape index (κ2) is 9.23. The number of benzene rings is 2. The van der Waals surface area contributed by atoms with Crippen molar-refractivity contribution in [3.63, 3.8) is 0 Å². The number of hydrogen-bond donors (Lipinski definition) is 2. The van der Waals surface area contributed by atoms with Crippen LogP contribution in [-0.4, -0.2) is 40.9 Å². The number of ether oxygens (including phenoxy) is 1. The van der Waals surface area contributed by atoms with Crippen LogP contribution in [0, 0.1) is 0 Å². The van der Waals surface area contributed by atoms with Crippen molar-refractivity contribution in [1.29, 1.82) is 0 Å². The normalized spacial score (nSPS) is 15.3. The Morgan fingerprint density at radius 2 is 1.97 bits per heavy atom. The van der Waals surface area contributed by atoms with Crippen LogP contribution in [0.5, 0.6) is 5.75 Å². The summed E-state index contributed by atoms with van der Waals surface area (Å²) in [5.74, 6) is -0.815. The van der Waals surface area contributed by atoms with Gasteiger partial charge in [0.15, 0.2) is 6.61 Å². The molecule has 0 bridgehead atoms. The predicted molar refractivity (Wildman–Crippen MR) is 106 cm³/mol. The quantitative estimate of drug-likeness (QED) is 0.749. The smallest absolute Gasteiger partial charge is 0.341 e. The first-order valence-electron chi connectivity index (χ1n) is 9.49. The third-order valence-corrected chi connectivity index (χ3v) is 4.95. The van der Waals surface area contributed by atoms with Crippen molar-refractivity contribution >= 4 is 17.8 Å². The van der Waals surface area contributed by atoms with Crippen LogP contribution in [0.25, 0.3) is 0 Å². The van der Waals surface area contributed by atoms with Crippen molar-refractivity contribution < 1.29 is 24.2 Å². The number of aliphatic carboxylic acids is 1. The third kappa shape index (κ3) is 5.34. The summed E-state index contributed by atoms with van der Waals surface area (Å²) in [6, 6.07) is 14.6. The van der Waals surface area contributed by atoms with E-state index in [0.717, 1.165) is 17.5 Å². The molecular formula is C22H24N2O5. The van der Waals surface area contributed by atoms with E-state index < -0.39 is 12.6 Å². The molecule has 2 aromatic rings. The van der Waals surface area contributed by atoms with Crippen LogP contribution < -0.4 is 10.1 Å². The molecule has 7 nitrogen and oxygen atoms in total. The number of fused-ring (bicyclic) bond motifs is 1. The van der Waals surface area contributed by atoms with Gasteiger partial charge in [0.05, 0.1) is 12.5 Å². The number of nitrogens with zero attached hydrogens (tertiary/aromatic N) is 1. The number of carbonyl (C=O) groups excluding carboxylic acids is 2. The molecule has 1 heterocycles. The molecule has 0 unspecified atom stereocenters. The van der Waals surface area contributed by atoms with Gasteiger partial charge in [-0.05, 0) is 35.2 Å². The maximum atomic E-state index is 12.6. The van der Waals surface area contributed by atoms with Crippen molar-refractivity contribution in [3.05, 3.63) is 65.2 Å². The first-order chi connectivity index (χ1) is 13.9. The van der Waals surface area contributed by atoms with Crippen LogP contribution in [0.1, 0.15) is 36.1 Å². The highest BCUT2D eigenvalue weighted by atomic mass is 16.5. The molecule has 1 aliphatic rings. The van der Waals surface area contributed by atoms with Gasteiger partial charge in [0.1, 0.15) is 5.75 Å². The van der Waals surface area contributed by atoms with Gasteiger partial charge in [-0.1, -0.05) is 36.4 Å². The largest absolute Gasteiger partial charge is 0.482 e. The zero-order valence-electron chi connectivity index (χ0n) is 16.3. The lowest BCUT2D eigenvalue weighted by Crippen LogP contribution is -2.41. The average molecular weight is 396 g/mol. The van der Waals surface area contributed by atoms with E-state index in [9.17, 15) is 14.4 Å². The Hall–Kier alpha value is -3.35. The average Bonchev–Trinajstić information content (AvgIpc) is 2.71. The minimum atomic E-state index is -1.05. The summed E-state index contributed by atoms with van der Waals surface area (Å²) in [5.41, 5.74) is 2.99. The second-order valence-corrected chi connectivity index (χ2v) is 6.99. The molecular weight excluding hydrogens is 372 g/mol. The number of carbonyl (C=O) groups is 3. The standard InChI is InChI=1S/C22H24N2O5/c1-15(25)24-10-9-17-6-2-3-8-19(17)20(24)12-21(26)23-13-16-5-4-7-18(11-16)29-14-22(27)28/h2-8,11,20H,9-10,12-14H2,1H3,(H,23,26)(H,27,28)/t20-/m1/s1. The Balaban J connectivity index is 1.63. The van der Waals surface area contributed by atoms with Crippen LogP contribution in [0.15, 0.2) is 48.5 Å². The Morgan fingerprint density at radius 1 is 1.17 bits per heavy atom. The van der Waals surface area contributed by atoms with Gasteiger partial charge in [-0.2, -0.15) is 0 Å². The molecule has 7 heteroatoms. The van der Waals surface area contributed by atoms with Gasteiger partial charge in [-0.15, -0.1) is 0 Å². The fourth-order valence-corrected chi connectivity index (χ4v) is 3.59. The van der Waals surface area contributed by atoms with Gasteiger partial charge < -0.3 is 20.1 Å². The van der Waals surface area contributed by atoms with E-state index in [0.29, 0.717) is 12.3 Å². The number of rotatable bonds is 7. The molecule has 1 atom stereocenters. The highest BCUT2D eigenvalue weighted by Crippen LogP contribution is 2.32. The summed E-state index contributed by atoms with van der Waals surface area (Å²) in [6.45, 7) is 2.00. The van der Waals surface area contributed by atoms with Crippen molar-refractivity contribution in [2.45, 2.75) is 32.4 Å². The Morgan fingerprint density at radius 3 is 2.72 bits per heavy atom. The van der Waals surface area contributed by atoms with Crippen LogP contribution in [0.3, 0.4) is 0 Å². The highest BCUT2D eigenvalue weighted by Gasteiger charge is 2.30. The van der Waals surface area contributed by atoms with E-state index in [-0.39, 0.29) is 30.8 Å². The molecule has 3 rings (SSSR count). The SMILES string of the molecule is CC(=O)N1CCc2ccccc2[C@H]1CC(=O)NCc1cccc(OCC(=O)O)c1. The summed E-state index contributed by atoms with van der Waals surface area (Å²) in [6.07, 6.45) is 0.975. The van der Waals surface area contributed by atoms with Gasteiger partial charge in [0, 0.05) is 20.0 Å². The van der Waals surface area contributed by atoms with Gasteiger partial charge >= 0.3 is 5.97 Å². The maximum absolute atomic E-state index is 12.6. The van der Waals surface area contributed by atoms with Crippen molar-refractivity contribution in [1.82, 2.24) is 10.2 Å². The predicted octanol–water partition coefficient (Wildman–Crippen LogP) is 2.30. The molecule has 1 aliphatic heterocycles. The minimum Gasteiger partial charge on any atom is -0.482 e. The molecule has 152 valence electrons. The summed E-state index contributed by atoms with van der Waals surface area (Å²) < 4.78 is 5.16. The van der Waals surface area contributed by atoms with E-state index in [1.54, 1.807) is 23.1 Å². The zero-order chi connectivity index (χ0) is 20.8. The first-order valence-corrected chi connectivity index (χ1v) is 9.49. The molecule has 0 fully saturated rings. The molecule has 29 heavy (non-hydrogen) atoms.